The maximum atomic E-state index is 11.5. The summed E-state index contributed by atoms with van der Waals surface area (Å²) in [5.41, 5.74) is 1.05. The normalized spacial score (nSPS) is 17.9. The Kier molecular flexibility index (Phi) is 2.49. The number of ether oxygens (including phenoxy) is 1. The second kappa shape index (κ2) is 3.81. The van der Waals surface area contributed by atoms with Crippen molar-refractivity contribution in [2.45, 2.75) is 6.04 Å². The van der Waals surface area contributed by atoms with Gasteiger partial charge in [0.2, 0.25) is 0 Å². The number of nitrogens with zero attached hydrogens (tertiary/aromatic N) is 1. The van der Waals surface area contributed by atoms with Gasteiger partial charge in [-0.1, -0.05) is 18.2 Å². The monoisotopic (exact) mass is 206 g/mol. The molecular formula is C11H14N2O2. The van der Waals surface area contributed by atoms with E-state index in [2.05, 4.69) is 5.32 Å². The molecule has 1 aromatic carbocycles. The number of carbonyl (C=O) groups is 1. The Labute approximate surface area is 88.8 Å². The van der Waals surface area contributed by atoms with E-state index >= 15 is 0 Å². The average Bonchev–Trinajstić information content (AvgIpc) is 2.62. The van der Waals surface area contributed by atoms with Crippen LogP contribution in [0.2, 0.25) is 0 Å². The molecule has 1 unspecified atom stereocenters. The van der Waals surface area contributed by atoms with Crippen molar-refractivity contribution >= 4 is 6.03 Å². The molecule has 0 aromatic heterocycles. The average molecular weight is 206 g/mol. The van der Waals surface area contributed by atoms with Gasteiger partial charge in [0.05, 0.1) is 6.04 Å². The van der Waals surface area contributed by atoms with E-state index in [1.165, 1.54) is 4.90 Å². The Bertz CT molecular complexity index is 377. The fraction of sp³-hybridized carbons (Fsp3) is 0.364. The first-order chi connectivity index (χ1) is 7.18. The van der Waals surface area contributed by atoms with Crippen molar-refractivity contribution in [2.75, 3.05) is 20.7 Å². The van der Waals surface area contributed by atoms with Gasteiger partial charge in [-0.2, -0.15) is 0 Å². The highest BCUT2D eigenvalue weighted by Gasteiger charge is 2.25. The number of benzene rings is 1. The minimum absolute atomic E-state index is 0.0314. The molecule has 80 valence electrons. The molecule has 0 radical (unpaired) electrons. The van der Waals surface area contributed by atoms with Crippen LogP contribution >= 0.6 is 0 Å². The van der Waals surface area contributed by atoms with Gasteiger partial charge in [-0.3, -0.25) is 0 Å². The first kappa shape index (κ1) is 9.83. The van der Waals surface area contributed by atoms with E-state index in [-0.39, 0.29) is 12.1 Å². The summed E-state index contributed by atoms with van der Waals surface area (Å²) in [7, 11) is 3.44. The molecule has 1 heterocycles. The lowest BCUT2D eigenvalue weighted by atomic mass is 10.1. The van der Waals surface area contributed by atoms with Gasteiger partial charge in [0.15, 0.2) is 0 Å². The van der Waals surface area contributed by atoms with Gasteiger partial charge in [0.25, 0.3) is 0 Å². The third-order valence-corrected chi connectivity index (χ3v) is 2.40. The van der Waals surface area contributed by atoms with Crippen LogP contribution in [0.5, 0.6) is 5.75 Å². The molecule has 4 heteroatoms. The zero-order chi connectivity index (χ0) is 10.8. The Morgan fingerprint density at radius 2 is 2.20 bits per heavy atom. The molecule has 4 nitrogen and oxygen atoms in total. The molecular weight excluding hydrogens is 192 g/mol. The molecule has 1 aliphatic rings. The number of rotatable bonds is 1. The summed E-state index contributed by atoms with van der Waals surface area (Å²) in [6.07, 6.45) is 0. The SMILES string of the molecule is CN(C)C(=O)NC1COc2ccccc21. The number of hydrogen-bond donors (Lipinski definition) is 1. The van der Waals surface area contributed by atoms with E-state index in [9.17, 15) is 4.79 Å². The second-order valence-electron chi connectivity index (χ2n) is 3.75. The maximum absolute atomic E-state index is 11.5. The largest absolute Gasteiger partial charge is 0.491 e. The van der Waals surface area contributed by atoms with Crippen molar-refractivity contribution in [3.8, 4) is 5.75 Å². The van der Waals surface area contributed by atoms with Gasteiger partial charge < -0.3 is 15.0 Å². The van der Waals surface area contributed by atoms with E-state index in [0.29, 0.717) is 6.61 Å². The second-order valence-corrected chi connectivity index (χ2v) is 3.75. The number of carbonyl (C=O) groups excluding carboxylic acids is 1. The molecule has 15 heavy (non-hydrogen) atoms. The fourth-order valence-corrected chi connectivity index (χ4v) is 1.56. The molecule has 0 saturated heterocycles. The third-order valence-electron chi connectivity index (χ3n) is 2.40. The first-order valence-electron chi connectivity index (χ1n) is 4.88. The highest BCUT2D eigenvalue weighted by Crippen LogP contribution is 2.31. The molecule has 1 aliphatic heterocycles. The van der Waals surface area contributed by atoms with Crippen LogP contribution in [0.3, 0.4) is 0 Å². The van der Waals surface area contributed by atoms with E-state index in [1.807, 2.05) is 24.3 Å². The summed E-state index contributed by atoms with van der Waals surface area (Å²) in [6, 6.07) is 7.63. The van der Waals surface area contributed by atoms with Gasteiger partial charge in [-0.25, -0.2) is 4.79 Å². The summed E-state index contributed by atoms with van der Waals surface area (Å²) in [4.78, 5) is 13.0. The predicted octanol–water partition coefficient (Wildman–Crippen LogP) is 1.39. The molecule has 0 fully saturated rings. The molecule has 0 spiro atoms. The van der Waals surface area contributed by atoms with Gasteiger partial charge >= 0.3 is 6.03 Å². The van der Waals surface area contributed by atoms with E-state index in [1.54, 1.807) is 14.1 Å². The van der Waals surface area contributed by atoms with Gasteiger partial charge in [-0.05, 0) is 6.07 Å². The quantitative estimate of drug-likeness (QED) is 0.754. The molecule has 0 bridgehead atoms. The van der Waals surface area contributed by atoms with Gasteiger partial charge in [-0.15, -0.1) is 0 Å². The summed E-state index contributed by atoms with van der Waals surface area (Å²) >= 11 is 0. The van der Waals surface area contributed by atoms with Crippen molar-refractivity contribution < 1.29 is 9.53 Å². The molecule has 1 atom stereocenters. The standard InChI is InChI=1S/C11H14N2O2/c1-13(2)11(14)12-9-7-15-10-6-4-3-5-8(9)10/h3-6,9H,7H2,1-2H3,(H,12,14). The molecule has 0 aliphatic carbocycles. The Hall–Kier alpha value is -1.71. The lowest BCUT2D eigenvalue weighted by Gasteiger charge is -2.16. The van der Waals surface area contributed by atoms with Crippen LogP contribution in [0, 0.1) is 0 Å². The molecule has 2 rings (SSSR count). The zero-order valence-electron chi connectivity index (χ0n) is 8.86. The lowest BCUT2D eigenvalue weighted by Crippen LogP contribution is -2.37. The van der Waals surface area contributed by atoms with Crippen molar-refractivity contribution in [2.24, 2.45) is 0 Å². The van der Waals surface area contributed by atoms with Crippen LogP contribution < -0.4 is 10.1 Å². The maximum Gasteiger partial charge on any atom is 0.317 e. The molecule has 1 N–H and O–H groups in total. The van der Waals surface area contributed by atoms with E-state index < -0.39 is 0 Å². The van der Waals surface area contributed by atoms with Crippen molar-refractivity contribution in [3.63, 3.8) is 0 Å². The molecule has 2 amide bonds. The van der Waals surface area contributed by atoms with Crippen LogP contribution in [-0.2, 0) is 0 Å². The van der Waals surface area contributed by atoms with Crippen molar-refractivity contribution in [1.82, 2.24) is 10.2 Å². The molecule has 1 aromatic rings. The first-order valence-corrected chi connectivity index (χ1v) is 4.88. The van der Waals surface area contributed by atoms with Gasteiger partial charge in [0.1, 0.15) is 12.4 Å². The Morgan fingerprint density at radius 3 is 2.93 bits per heavy atom. The van der Waals surface area contributed by atoms with Crippen LogP contribution in [0.15, 0.2) is 24.3 Å². The van der Waals surface area contributed by atoms with Crippen LogP contribution in [-0.4, -0.2) is 31.6 Å². The minimum atomic E-state index is -0.0969. The number of urea groups is 1. The number of para-hydroxylation sites is 1. The fourth-order valence-electron chi connectivity index (χ4n) is 1.56. The highest BCUT2D eigenvalue weighted by molar-refractivity contribution is 5.74. The Morgan fingerprint density at radius 1 is 1.47 bits per heavy atom. The zero-order valence-corrected chi connectivity index (χ0v) is 8.86. The third kappa shape index (κ3) is 1.88. The summed E-state index contributed by atoms with van der Waals surface area (Å²) < 4.78 is 5.46. The summed E-state index contributed by atoms with van der Waals surface area (Å²) in [5.74, 6) is 0.863. The number of nitrogens with one attached hydrogen (secondary N) is 1. The summed E-state index contributed by atoms with van der Waals surface area (Å²) in [6.45, 7) is 0.513. The Balaban J connectivity index is 2.11. The number of fused-ring (bicyclic) bond motifs is 1. The van der Waals surface area contributed by atoms with Gasteiger partial charge in [0, 0.05) is 19.7 Å². The highest BCUT2D eigenvalue weighted by atomic mass is 16.5. The predicted molar refractivity (Wildman–Crippen MR) is 56.9 cm³/mol. The number of hydrogen-bond acceptors (Lipinski definition) is 2. The van der Waals surface area contributed by atoms with E-state index in [4.69, 9.17) is 4.74 Å². The van der Waals surface area contributed by atoms with E-state index in [0.717, 1.165) is 11.3 Å². The van der Waals surface area contributed by atoms with Crippen LogP contribution in [0.4, 0.5) is 4.79 Å². The number of amides is 2. The minimum Gasteiger partial charge on any atom is -0.491 e. The smallest absolute Gasteiger partial charge is 0.317 e. The van der Waals surface area contributed by atoms with Crippen molar-refractivity contribution in [3.05, 3.63) is 29.8 Å². The van der Waals surface area contributed by atoms with Crippen LogP contribution in [0.1, 0.15) is 11.6 Å². The molecule has 0 saturated carbocycles. The topological polar surface area (TPSA) is 41.6 Å². The lowest BCUT2D eigenvalue weighted by molar-refractivity contribution is 0.209. The van der Waals surface area contributed by atoms with Crippen LogP contribution in [0.25, 0.3) is 0 Å². The van der Waals surface area contributed by atoms with Crippen molar-refractivity contribution in [1.29, 1.82) is 0 Å². The summed E-state index contributed by atoms with van der Waals surface area (Å²) in [5, 5.41) is 2.90.